The summed E-state index contributed by atoms with van der Waals surface area (Å²) < 4.78 is 11.2. The lowest BCUT2D eigenvalue weighted by molar-refractivity contribution is -0.145. The van der Waals surface area contributed by atoms with Gasteiger partial charge in [0.05, 0.1) is 0 Å². The molecule has 0 bridgehead atoms. The van der Waals surface area contributed by atoms with Gasteiger partial charge in [-0.3, -0.25) is 0 Å². The Kier molecular flexibility index (Phi) is 13.9. The van der Waals surface area contributed by atoms with Gasteiger partial charge in [-0.15, -0.1) is 0 Å². The molecule has 0 aromatic carbocycles. The van der Waals surface area contributed by atoms with Crippen molar-refractivity contribution in [3.63, 3.8) is 0 Å². The summed E-state index contributed by atoms with van der Waals surface area (Å²) in [5, 5.41) is 0. The van der Waals surface area contributed by atoms with Crippen molar-refractivity contribution in [2.24, 2.45) is 5.92 Å². The molecule has 0 aliphatic heterocycles. The number of hydrogen-bond donors (Lipinski definition) is 1. The zero-order valence-electron chi connectivity index (χ0n) is 12.5. The molecular weight excluding hydrogens is 244 g/mol. The minimum absolute atomic E-state index is 0.0345. The summed E-state index contributed by atoms with van der Waals surface area (Å²) in [4.78, 5) is 0. The minimum atomic E-state index is -0.0345. The number of ether oxygens (including phenoxy) is 2. The van der Waals surface area contributed by atoms with E-state index in [2.05, 4.69) is 19.6 Å². The highest BCUT2D eigenvalue weighted by molar-refractivity contribution is 7.80. The van der Waals surface area contributed by atoms with Gasteiger partial charge in [0.2, 0.25) is 0 Å². The number of rotatable bonds is 13. The van der Waals surface area contributed by atoms with E-state index in [1.54, 1.807) is 0 Å². The third kappa shape index (κ3) is 10.2. The van der Waals surface area contributed by atoms with Gasteiger partial charge in [0.15, 0.2) is 6.29 Å². The van der Waals surface area contributed by atoms with Crippen LogP contribution in [0, 0.1) is 5.92 Å². The first-order valence-electron chi connectivity index (χ1n) is 7.62. The van der Waals surface area contributed by atoms with Crippen molar-refractivity contribution in [2.45, 2.75) is 72.0 Å². The Morgan fingerprint density at radius 2 is 1.50 bits per heavy atom. The predicted octanol–water partition coefficient (Wildman–Crippen LogP) is 4.68. The Bertz CT molecular complexity index is 159. The SMILES string of the molecule is CCCCCCCC(CS)CC(OCC)OCC. The molecule has 0 aromatic heterocycles. The highest BCUT2D eigenvalue weighted by Crippen LogP contribution is 2.20. The number of unbranched alkanes of at least 4 members (excludes halogenated alkanes) is 4. The third-order valence-electron chi connectivity index (χ3n) is 3.21. The average Bonchev–Trinajstić information content (AvgIpc) is 2.37. The molecular formula is C15H32O2S. The Hall–Kier alpha value is 0.270. The van der Waals surface area contributed by atoms with Gasteiger partial charge < -0.3 is 9.47 Å². The molecule has 18 heavy (non-hydrogen) atoms. The van der Waals surface area contributed by atoms with Crippen molar-refractivity contribution in [3.05, 3.63) is 0 Å². The van der Waals surface area contributed by atoms with Gasteiger partial charge in [0.1, 0.15) is 0 Å². The van der Waals surface area contributed by atoms with Crippen LogP contribution in [-0.2, 0) is 9.47 Å². The number of hydrogen-bond acceptors (Lipinski definition) is 3. The Labute approximate surface area is 119 Å². The fourth-order valence-electron chi connectivity index (χ4n) is 2.15. The van der Waals surface area contributed by atoms with Crippen LogP contribution in [0.2, 0.25) is 0 Å². The molecule has 110 valence electrons. The van der Waals surface area contributed by atoms with Crippen LogP contribution in [0.25, 0.3) is 0 Å². The second kappa shape index (κ2) is 13.7. The van der Waals surface area contributed by atoms with Crippen molar-refractivity contribution < 1.29 is 9.47 Å². The molecule has 3 heteroatoms. The quantitative estimate of drug-likeness (QED) is 0.299. The van der Waals surface area contributed by atoms with Crippen molar-refractivity contribution in [1.29, 1.82) is 0 Å². The standard InChI is InChI=1S/C15H32O2S/c1-4-7-8-9-10-11-14(13-18)12-15(16-5-2)17-6-3/h14-15,18H,4-13H2,1-3H3. The van der Waals surface area contributed by atoms with E-state index in [0.29, 0.717) is 5.92 Å². The van der Waals surface area contributed by atoms with Crippen LogP contribution in [0.3, 0.4) is 0 Å². The normalized spacial score (nSPS) is 13.2. The van der Waals surface area contributed by atoms with Gasteiger partial charge >= 0.3 is 0 Å². The summed E-state index contributed by atoms with van der Waals surface area (Å²) in [5.74, 6) is 1.56. The highest BCUT2D eigenvalue weighted by Gasteiger charge is 2.15. The molecule has 0 N–H and O–H groups in total. The van der Waals surface area contributed by atoms with Crippen LogP contribution in [0.5, 0.6) is 0 Å². The zero-order chi connectivity index (χ0) is 13.6. The molecule has 0 saturated heterocycles. The summed E-state index contributed by atoms with van der Waals surface area (Å²) in [6.07, 6.45) is 8.92. The molecule has 0 aromatic rings. The van der Waals surface area contributed by atoms with E-state index in [0.717, 1.165) is 25.4 Å². The van der Waals surface area contributed by atoms with Gasteiger partial charge in [-0.1, -0.05) is 39.0 Å². The van der Waals surface area contributed by atoms with E-state index < -0.39 is 0 Å². The molecule has 0 spiro atoms. The Balaban J connectivity index is 3.77. The summed E-state index contributed by atoms with van der Waals surface area (Å²) in [6.45, 7) is 7.74. The summed E-state index contributed by atoms with van der Waals surface area (Å²) >= 11 is 4.46. The first kappa shape index (κ1) is 18.3. The molecule has 1 unspecified atom stereocenters. The Morgan fingerprint density at radius 3 is 2.00 bits per heavy atom. The topological polar surface area (TPSA) is 18.5 Å². The van der Waals surface area contributed by atoms with Gasteiger partial charge in [-0.2, -0.15) is 12.6 Å². The molecule has 0 aliphatic rings. The second-order valence-corrected chi connectivity index (χ2v) is 5.19. The van der Waals surface area contributed by atoms with E-state index in [9.17, 15) is 0 Å². The molecule has 0 fully saturated rings. The largest absolute Gasteiger partial charge is 0.353 e. The average molecular weight is 276 g/mol. The molecule has 2 nitrogen and oxygen atoms in total. The first-order chi connectivity index (χ1) is 8.78. The summed E-state index contributed by atoms with van der Waals surface area (Å²) in [5.41, 5.74) is 0. The van der Waals surface area contributed by atoms with Crippen molar-refractivity contribution in [1.82, 2.24) is 0 Å². The van der Waals surface area contributed by atoms with Gasteiger partial charge in [0.25, 0.3) is 0 Å². The third-order valence-corrected chi connectivity index (χ3v) is 3.72. The van der Waals surface area contributed by atoms with Gasteiger partial charge in [-0.25, -0.2) is 0 Å². The minimum Gasteiger partial charge on any atom is -0.353 e. The lowest BCUT2D eigenvalue weighted by Crippen LogP contribution is -2.22. The summed E-state index contributed by atoms with van der Waals surface area (Å²) in [6, 6.07) is 0. The van der Waals surface area contributed by atoms with Crippen molar-refractivity contribution >= 4 is 12.6 Å². The lowest BCUT2D eigenvalue weighted by Gasteiger charge is -2.22. The lowest BCUT2D eigenvalue weighted by atomic mass is 9.98. The molecule has 0 saturated carbocycles. The van der Waals surface area contributed by atoms with Crippen LogP contribution in [0.1, 0.15) is 65.7 Å². The molecule has 0 amide bonds. The fraction of sp³-hybridized carbons (Fsp3) is 1.00. The smallest absolute Gasteiger partial charge is 0.157 e. The predicted molar refractivity (Wildman–Crippen MR) is 82.4 cm³/mol. The summed E-state index contributed by atoms with van der Waals surface area (Å²) in [7, 11) is 0. The highest BCUT2D eigenvalue weighted by atomic mass is 32.1. The maximum absolute atomic E-state index is 5.60. The van der Waals surface area contributed by atoms with Crippen molar-refractivity contribution in [2.75, 3.05) is 19.0 Å². The monoisotopic (exact) mass is 276 g/mol. The van der Waals surface area contributed by atoms with E-state index in [4.69, 9.17) is 9.47 Å². The Morgan fingerprint density at radius 1 is 0.889 bits per heavy atom. The van der Waals surface area contributed by atoms with E-state index >= 15 is 0 Å². The molecule has 0 heterocycles. The second-order valence-electron chi connectivity index (χ2n) is 4.83. The van der Waals surface area contributed by atoms with E-state index in [-0.39, 0.29) is 6.29 Å². The van der Waals surface area contributed by atoms with Crippen LogP contribution < -0.4 is 0 Å². The van der Waals surface area contributed by atoms with Crippen molar-refractivity contribution in [3.8, 4) is 0 Å². The van der Waals surface area contributed by atoms with Crippen LogP contribution >= 0.6 is 12.6 Å². The molecule has 0 aliphatic carbocycles. The maximum Gasteiger partial charge on any atom is 0.157 e. The van der Waals surface area contributed by atoms with Crippen LogP contribution in [0.4, 0.5) is 0 Å². The molecule has 1 atom stereocenters. The van der Waals surface area contributed by atoms with Gasteiger partial charge in [0, 0.05) is 19.6 Å². The number of thiol groups is 1. The van der Waals surface area contributed by atoms with Crippen LogP contribution in [-0.4, -0.2) is 25.3 Å². The first-order valence-corrected chi connectivity index (χ1v) is 8.25. The maximum atomic E-state index is 5.60. The van der Waals surface area contributed by atoms with Gasteiger partial charge in [-0.05, 0) is 31.9 Å². The molecule has 0 rings (SSSR count). The zero-order valence-corrected chi connectivity index (χ0v) is 13.4. The van der Waals surface area contributed by atoms with Crippen LogP contribution in [0.15, 0.2) is 0 Å². The fourth-order valence-corrected chi connectivity index (χ4v) is 2.48. The van der Waals surface area contributed by atoms with E-state index in [1.165, 1.54) is 38.5 Å². The van der Waals surface area contributed by atoms with E-state index in [1.807, 2.05) is 13.8 Å². The molecule has 0 radical (unpaired) electrons.